The first-order valence-electron chi connectivity index (χ1n) is 6.15. The number of nitrogens with one attached hydrogen (secondary N) is 2. The van der Waals surface area contributed by atoms with Crippen molar-refractivity contribution in [3.8, 4) is 0 Å². The van der Waals surface area contributed by atoms with E-state index in [4.69, 9.17) is 0 Å². The van der Waals surface area contributed by atoms with Crippen LogP contribution in [0.4, 0.5) is 0 Å². The molecule has 0 bridgehead atoms. The number of rotatable bonds is 4. The fourth-order valence-corrected chi connectivity index (χ4v) is 2.06. The van der Waals surface area contributed by atoms with E-state index in [1.807, 2.05) is 0 Å². The second-order valence-electron chi connectivity index (χ2n) is 4.63. The number of nitrogens with zero attached hydrogens (tertiary/aromatic N) is 1. The van der Waals surface area contributed by atoms with Crippen molar-refractivity contribution in [2.45, 2.75) is 25.9 Å². The van der Waals surface area contributed by atoms with E-state index in [0.29, 0.717) is 12.1 Å². The van der Waals surface area contributed by atoms with Gasteiger partial charge in [0, 0.05) is 25.6 Å². The smallest absolute Gasteiger partial charge is 0.257 e. The van der Waals surface area contributed by atoms with E-state index in [-0.39, 0.29) is 17.7 Å². The number of ketones is 1. The molecule has 5 heteroatoms. The maximum atomic E-state index is 12.0. The first-order chi connectivity index (χ1) is 8.65. The minimum Gasteiger partial charge on any atom is -0.348 e. The predicted octanol–water partition coefficient (Wildman–Crippen LogP) is -0.345. The quantitative estimate of drug-likeness (QED) is 0.716. The number of Topliss-reactive ketones (excluding diaryl/α,β-unsaturated/α-hetero) is 1. The number of aromatic nitrogens is 1. The Bertz CT molecular complexity index is 453. The van der Waals surface area contributed by atoms with Gasteiger partial charge in [0.2, 0.25) is 6.54 Å². The highest BCUT2D eigenvalue weighted by atomic mass is 16.1. The lowest BCUT2D eigenvalue weighted by molar-refractivity contribution is -0.684. The molecule has 1 saturated heterocycles. The molecule has 1 atom stereocenters. The third kappa shape index (κ3) is 3.37. The van der Waals surface area contributed by atoms with E-state index in [9.17, 15) is 9.59 Å². The number of carbonyl (C=O) groups is 2. The average Bonchev–Trinajstić information content (AvgIpc) is 2.81. The number of carbonyl (C=O) groups excluding carboxylic acids is 2. The Hall–Kier alpha value is -1.75. The SMILES string of the molecule is CC(=O)C[n+]1cccc(C(=O)NC2CCNC2)c1. The van der Waals surface area contributed by atoms with Crippen molar-refractivity contribution in [1.82, 2.24) is 10.6 Å². The van der Waals surface area contributed by atoms with Gasteiger partial charge in [-0.05, 0) is 19.0 Å². The molecule has 2 heterocycles. The molecule has 0 spiro atoms. The van der Waals surface area contributed by atoms with E-state index in [2.05, 4.69) is 10.6 Å². The van der Waals surface area contributed by atoms with E-state index < -0.39 is 0 Å². The van der Waals surface area contributed by atoms with Crippen LogP contribution >= 0.6 is 0 Å². The molecule has 1 aromatic rings. The van der Waals surface area contributed by atoms with Crippen LogP contribution in [0.5, 0.6) is 0 Å². The first-order valence-corrected chi connectivity index (χ1v) is 6.15. The van der Waals surface area contributed by atoms with E-state index in [1.54, 1.807) is 29.1 Å². The standard InChI is InChI=1S/C13H17N3O2/c1-10(17)8-16-6-2-3-11(9-16)13(18)15-12-4-5-14-7-12/h2-3,6,9,12,14H,4-5,7-8H2,1H3/p+1. The largest absolute Gasteiger partial charge is 0.348 e. The highest BCUT2D eigenvalue weighted by molar-refractivity contribution is 5.93. The third-order valence-corrected chi connectivity index (χ3v) is 2.92. The van der Waals surface area contributed by atoms with Gasteiger partial charge in [0.1, 0.15) is 5.56 Å². The number of pyridine rings is 1. The van der Waals surface area contributed by atoms with Gasteiger partial charge in [-0.3, -0.25) is 9.59 Å². The Labute approximate surface area is 106 Å². The number of amides is 1. The molecular formula is C13H18N3O2+. The van der Waals surface area contributed by atoms with Crippen LogP contribution in [0.3, 0.4) is 0 Å². The van der Waals surface area contributed by atoms with Crippen LogP contribution in [0.1, 0.15) is 23.7 Å². The molecule has 0 aliphatic carbocycles. The summed E-state index contributed by atoms with van der Waals surface area (Å²) in [6.07, 6.45) is 4.46. The molecule has 96 valence electrons. The lowest BCUT2D eigenvalue weighted by atomic mass is 10.2. The van der Waals surface area contributed by atoms with Gasteiger partial charge in [0.15, 0.2) is 18.2 Å². The summed E-state index contributed by atoms with van der Waals surface area (Å²) in [6, 6.07) is 3.75. The Kier molecular flexibility index (Phi) is 4.04. The van der Waals surface area contributed by atoms with Crippen molar-refractivity contribution >= 4 is 11.7 Å². The minimum atomic E-state index is -0.0818. The summed E-state index contributed by atoms with van der Waals surface area (Å²) in [5.41, 5.74) is 0.589. The molecule has 0 aromatic carbocycles. The summed E-state index contributed by atoms with van der Waals surface area (Å²) in [5.74, 6) is -0.0147. The molecule has 18 heavy (non-hydrogen) atoms. The molecule has 1 aliphatic rings. The fourth-order valence-electron chi connectivity index (χ4n) is 2.06. The minimum absolute atomic E-state index is 0.0672. The van der Waals surface area contributed by atoms with Crippen LogP contribution in [0.2, 0.25) is 0 Å². The topological polar surface area (TPSA) is 62.1 Å². The van der Waals surface area contributed by atoms with E-state index >= 15 is 0 Å². The summed E-state index contributed by atoms with van der Waals surface area (Å²) in [7, 11) is 0. The van der Waals surface area contributed by atoms with Crippen molar-refractivity contribution in [3.63, 3.8) is 0 Å². The molecule has 2 N–H and O–H groups in total. The van der Waals surface area contributed by atoms with Crippen molar-refractivity contribution in [2.75, 3.05) is 13.1 Å². The molecule has 0 radical (unpaired) electrons. The highest BCUT2D eigenvalue weighted by Gasteiger charge is 2.19. The molecule has 1 aromatic heterocycles. The van der Waals surface area contributed by atoms with E-state index in [0.717, 1.165) is 19.5 Å². The monoisotopic (exact) mass is 248 g/mol. The Morgan fingerprint density at radius 2 is 2.39 bits per heavy atom. The molecule has 1 fully saturated rings. The normalized spacial score (nSPS) is 18.6. The van der Waals surface area contributed by atoms with Gasteiger partial charge in [0.05, 0.1) is 0 Å². The van der Waals surface area contributed by atoms with Gasteiger partial charge in [0.25, 0.3) is 5.91 Å². The van der Waals surface area contributed by atoms with Gasteiger partial charge in [-0.1, -0.05) is 0 Å². The molecular weight excluding hydrogens is 230 g/mol. The molecule has 1 unspecified atom stereocenters. The van der Waals surface area contributed by atoms with Crippen LogP contribution in [0, 0.1) is 0 Å². The number of hydrogen-bond acceptors (Lipinski definition) is 3. The predicted molar refractivity (Wildman–Crippen MR) is 66.1 cm³/mol. The van der Waals surface area contributed by atoms with Crippen molar-refractivity contribution in [2.24, 2.45) is 0 Å². The summed E-state index contributed by atoms with van der Waals surface area (Å²) in [4.78, 5) is 23.0. The zero-order valence-electron chi connectivity index (χ0n) is 10.5. The van der Waals surface area contributed by atoms with Crippen LogP contribution in [0.15, 0.2) is 24.5 Å². The second kappa shape index (κ2) is 5.73. The molecule has 1 aliphatic heterocycles. The lowest BCUT2D eigenvalue weighted by Gasteiger charge is -2.10. The Balaban J connectivity index is 2.02. The van der Waals surface area contributed by atoms with Crippen LogP contribution in [0.25, 0.3) is 0 Å². The summed E-state index contributed by atoms with van der Waals surface area (Å²) >= 11 is 0. The molecule has 1 amide bonds. The van der Waals surface area contributed by atoms with Crippen molar-refractivity contribution in [3.05, 3.63) is 30.1 Å². The third-order valence-electron chi connectivity index (χ3n) is 2.92. The summed E-state index contributed by atoms with van der Waals surface area (Å²) in [5, 5.41) is 6.18. The zero-order chi connectivity index (χ0) is 13.0. The molecule has 0 saturated carbocycles. The van der Waals surface area contributed by atoms with Crippen LogP contribution in [-0.2, 0) is 11.3 Å². The van der Waals surface area contributed by atoms with Crippen LogP contribution < -0.4 is 15.2 Å². The Morgan fingerprint density at radius 1 is 1.56 bits per heavy atom. The molecule has 2 rings (SSSR count). The van der Waals surface area contributed by atoms with Crippen molar-refractivity contribution < 1.29 is 14.2 Å². The van der Waals surface area contributed by atoms with Gasteiger partial charge >= 0.3 is 0 Å². The fraction of sp³-hybridized carbons (Fsp3) is 0.462. The van der Waals surface area contributed by atoms with Gasteiger partial charge in [-0.15, -0.1) is 0 Å². The first kappa shape index (κ1) is 12.7. The zero-order valence-corrected chi connectivity index (χ0v) is 10.5. The van der Waals surface area contributed by atoms with Crippen LogP contribution in [-0.4, -0.2) is 30.8 Å². The second-order valence-corrected chi connectivity index (χ2v) is 4.63. The average molecular weight is 248 g/mol. The maximum Gasteiger partial charge on any atom is 0.257 e. The Morgan fingerprint density at radius 3 is 3.06 bits per heavy atom. The maximum absolute atomic E-state index is 12.0. The van der Waals surface area contributed by atoms with Gasteiger partial charge in [-0.2, -0.15) is 4.57 Å². The highest BCUT2D eigenvalue weighted by Crippen LogP contribution is 2.00. The van der Waals surface area contributed by atoms with Gasteiger partial charge in [-0.25, -0.2) is 0 Å². The van der Waals surface area contributed by atoms with Gasteiger partial charge < -0.3 is 10.6 Å². The lowest BCUT2D eigenvalue weighted by Crippen LogP contribution is -2.40. The summed E-state index contributed by atoms with van der Waals surface area (Å²) < 4.78 is 1.73. The number of hydrogen-bond donors (Lipinski definition) is 2. The molecule has 5 nitrogen and oxygen atoms in total. The van der Waals surface area contributed by atoms with Crippen molar-refractivity contribution in [1.29, 1.82) is 0 Å². The summed E-state index contributed by atoms with van der Waals surface area (Å²) in [6.45, 7) is 3.60. The van der Waals surface area contributed by atoms with E-state index in [1.165, 1.54) is 6.92 Å².